The van der Waals surface area contributed by atoms with Crippen molar-refractivity contribution in [1.29, 1.82) is 10.5 Å². The quantitative estimate of drug-likeness (QED) is 0.488. The number of amides is 2. The van der Waals surface area contributed by atoms with Gasteiger partial charge >= 0.3 is 5.97 Å². The molecule has 2 aromatic carbocycles. The number of nitriles is 2. The molecule has 2 amide bonds. The third-order valence-electron chi connectivity index (χ3n) is 7.59. The van der Waals surface area contributed by atoms with Gasteiger partial charge < -0.3 is 15.0 Å². The predicted octanol–water partition coefficient (Wildman–Crippen LogP) is 2.37. The van der Waals surface area contributed by atoms with E-state index in [9.17, 15) is 24.9 Å². The topological polar surface area (TPSA) is 127 Å². The van der Waals surface area contributed by atoms with Gasteiger partial charge in [-0.2, -0.15) is 10.5 Å². The molecule has 0 aliphatic carbocycles. The molecular weight excluding hydrogens is 490 g/mol. The van der Waals surface area contributed by atoms with Gasteiger partial charge in [0.05, 0.1) is 18.7 Å². The summed E-state index contributed by atoms with van der Waals surface area (Å²) in [4.78, 5) is 44.3. The van der Waals surface area contributed by atoms with Crippen LogP contribution < -0.4 is 15.1 Å². The number of esters is 1. The summed E-state index contributed by atoms with van der Waals surface area (Å²) in [6.45, 7) is 5.21. The van der Waals surface area contributed by atoms with E-state index in [0.717, 1.165) is 5.56 Å². The first-order chi connectivity index (χ1) is 17.7. The Bertz CT molecular complexity index is 1480. The van der Waals surface area contributed by atoms with E-state index >= 15 is 0 Å². The second-order valence-corrected chi connectivity index (χ2v) is 9.62. The van der Waals surface area contributed by atoms with Crippen LogP contribution in [0.5, 0.6) is 0 Å². The largest absolute Gasteiger partial charge is 0.465 e. The number of para-hydroxylation sites is 1. The number of ether oxygens (including phenoxy) is 1. The summed E-state index contributed by atoms with van der Waals surface area (Å²) < 4.78 is 5.12. The second-order valence-electron chi connectivity index (χ2n) is 9.21. The van der Waals surface area contributed by atoms with E-state index in [0.29, 0.717) is 22.5 Å². The number of benzene rings is 2. The van der Waals surface area contributed by atoms with Gasteiger partial charge in [-0.3, -0.25) is 19.3 Å². The van der Waals surface area contributed by atoms with Crippen molar-refractivity contribution in [3.8, 4) is 12.1 Å². The van der Waals surface area contributed by atoms with Gasteiger partial charge in [0, 0.05) is 23.5 Å². The molecule has 0 bridgehead atoms. The van der Waals surface area contributed by atoms with Gasteiger partial charge in [-0.25, -0.2) is 0 Å². The number of fused-ring (bicyclic) bond motifs is 5. The zero-order valence-electron chi connectivity index (χ0n) is 20.5. The van der Waals surface area contributed by atoms with Crippen LogP contribution in [0.1, 0.15) is 30.5 Å². The molecule has 3 aliphatic heterocycles. The molecule has 2 atom stereocenters. The first-order valence-electron chi connectivity index (χ1n) is 11.9. The number of rotatable bonds is 4. The minimum absolute atomic E-state index is 0.111. The molecule has 0 aromatic heterocycles. The van der Waals surface area contributed by atoms with Crippen molar-refractivity contribution in [1.82, 2.24) is 5.32 Å². The van der Waals surface area contributed by atoms with Crippen molar-refractivity contribution in [3.05, 3.63) is 59.2 Å². The minimum Gasteiger partial charge on any atom is -0.465 e. The van der Waals surface area contributed by atoms with Gasteiger partial charge in [0.1, 0.15) is 11.5 Å². The Kier molecular flexibility index (Phi) is 5.36. The maximum atomic E-state index is 14.8. The van der Waals surface area contributed by atoms with Gasteiger partial charge in [-0.1, -0.05) is 48.1 Å². The monoisotopic (exact) mass is 513 g/mol. The van der Waals surface area contributed by atoms with E-state index in [-0.39, 0.29) is 18.1 Å². The fourth-order valence-electron chi connectivity index (χ4n) is 6.18. The fraction of sp³-hybridized carbons (Fsp3) is 0.333. The molecule has 3 heterocycles. The second kappa shape index (κ2) is 8.12. The number of nitrogens with one attached hydrogen (secondary N) is 1. The Balaban J connectivity index is 1.94. The summed E-state index contributed by atoms with van der Waals surface area (Å²) in [5, 5.41) is 24.2. The normalized spacial score (nSPS) is 24.6. The van der Waals surface area contributed by atoms with Crippen molar-refractivity contribution in [3.63, 3.8) is 0 Å². The Labute approximate surface area is 219 Å². The Hall–Kier alpha value is -4.28. The zero-order valence-corrected chi connectivity index (χ0v) is 21.3. The number of aryl methyl sites for hydroxylation is 1. The van der Waals surface area contributed by atoms with Crippen molar-refractivity contribution in [2.24, 2.45) is 5.41 Å². The van der Waals surface area contributed by atoms with Crippen LogP contribution in [-0.2, 0) is 30.1 Å². The number of hydrogen-bond donors (Lipinski definition) is 1. The minimum atomic E-state index is -2.24. The molecule has 2 spiro atoms. The lowest BCUT2D eigenvalue weighted by Crippen LogP contribution is -2.65. The van der Waals surface area contributed by atoms with E-state index in [1.165, 1.54) is 9.80 Å². The van der Waals surface area contributed by atoms with E-state index < -0.39 is 40.7 Å². The third kappa shape index (κ3) is 2.60. The molecule has 0 unspecified atom stereocenters. The molecule has 9 nitrogen and oxygen atoms in total. The van der Waals surface area contributed by atoms with E-state index in [4.69, 9.17) is 17.0 Å². The van der Waals surface area contributed by atoms with Crippen molar-refractivity contribution in [2.75, 3.05) is 29.5 Å². The van der Waals surface area contributed by atoms with Crippen LogP contribution in [0.25, 0.3) is 0 Å². The predicted molar refractivity (Wildman–Crippen MR) is 137 cm³/mol. The van der Waals surface area contributed by atoms with Gasteiger partial charge in [0.25, 0.3) is 5.91 Å². The molecular formula is C27H23N5O4S. The third-order valence-corrected chi connectivity index (χ3v) is 8.00. The highest BCUT2D eigenvalue weighted by Crippen LogP contribution is 2.67. The van der Waals surface area contributed by atoms with Crippen LogP contribution in [0.3, 0.4) is 0 Å². The number of likely N-dealkylation sites (N-methyl/N-ethyl adjacent to an activating group) is 1. The summed E-state index contributed by atoms with van der Waals surface area (Å²) in [7, 11) is 0. The van der Waals surface area contributed by atoms with Gasteiger partial charge in [-0.15, -0.1) is 0 Å². The van der Waals surface area contributed by atoms with Gasteiger partial charge in [-0.05, 0) is 38.5 Å². The number of thiocarbonyl (C=S) groups is 1. The summed E-state index contributed by atoms with van der Waals surface area (Å²) in [6, 6.07) is 16.2. The molecule has 37 heavy (non-hydrogen) atoms. The highest BCUT2D eigenvalue weighted by atomic mass is 32.1. The Morgan fingerprint density at radius 1 is 1.03 bits per heavy atom. The van der Waals surface area contributed by atoms with Crippen LogP contribution in [0.15, 0.2) is 42.5 Å². The van der Waals surface area contributed by atoms with E-state index in [1.807, 2.05) is 19.1 Å². The lowest BCUT2D eigenvalue weighted by atomic mass is 9.53. The molecule has 186 valence electrons. The SMILES string of the molecule is CCOC(=O)CN1C(=O)[C@]2(c3cc(C)ccc31)C(C#N)(C#N)C(=S)N[C@]21C(=O)N(CC)c2ccccc21. The van der Waals surface area contributed by atoms with Crippen LogP contribution in [0, 0.1) is 35.0 Å². The number of anilines is 2. The van der Waals surface area contributed by atoms with Crippen LogP contribution in [-0.4, -0.2) is 42.5 Å². The zero-order chi connectivity index (χ0) is 26.8. The summed E-state index contributed by atoms with van der Waals surface area (Å²) in [6.07, 6.45) is 0. The van der Waals surface area contributed by atoms with Crippen molar-refractivity contribution >= 4 is 46.4 Å². The highest BCUT2D eigenvalue weighted by Gasteiger charge is 2.84. The summed E-state index contributed by atoms with van der Waals surface area (Å²) >= 11 is 5.62. The fourth-order valence-corrected chi connectivity index (χ4v) is 6.58. The number of hydrogen-bond acceptors (Lipinski definition) is 7. The van der Waals surface area contributed by atoms with E-state index in [2.05, 4.69) is 5.32 Å². The molecule has 1 N–H and O–H groups in total. The van der Waals surface area contributed by atoms with Crippen LogP contribution in [0.4, 0.5) is 11.4 Å². The molecule has 0 saturated carbocycles. The Morgan fingerprint density at radius 3 is 2.35 bits per heavy atom. The standard InChI is InChI=1S/C27H23N5O4S/c1-4-31-19-9-7-6-8-17(19)27(24(31)35)26(25(14-28,15-29)22(37)30-27)18-12-16(3)10-11-20(18)32(23(26)34)13-21(33)36-5-2/h6-12H,4-5,13H2,1-3H3,(H,30,37)/t26-,27-/m1/s1. The van der Waals surface area contributed by atoms with Crippen LogP contribution >= 0.6 is 12.2 Å². The van der Waals surface area contributed by atoms with E-state index in [1.54, 1.807) is 56.3 Å². The molecule has 5 rings (SSSR count). The number of nitrogens with zero attached hydrogens (tertiary/aromatic N) is 4. The average Bonchev–Trinajstić information content (AvgIpc) is 3.38. The smallest absolute Gasteiger partial charge is 0.326 e. The summed E-state index contributed by atoms with van der Waals surface area (Å²) in [5.74, 6) is -1.89. The molecule has 2 aromatic rings. The Morgan fingerprint density at radius 2 is 1.70 bits per heavy atom. The summed E-state index contributed by atoms with van der Waals surface area (Å²) in [5.41, 5.74) is -3.87. The lowest BCUT2D eigenvalue weighted by molar-refractivity contribution is -0.143. The molecule has 0 radical (unpaired) electrons. The van der Waals surface area contributed by atoms with Crippen LogP contribution in [0.2, 0.25) is 0 Å². The van der Waals surface area contributed by atoms with Gasteiger partial charge in [0.15, 0.2) is 11.0 Å². The molecule has 1 saturated heterocycles. The highest BCUT2D eigenvalue weighted by molar-refractivity contribution is 7.80. The average molecular weight is 514 g/mol. The molecule has 3 aliphatic rings. The first-order valence-corrected chi connectivity index (χ1v) is 12.3. The van der Waals surface area contributed by atoms with Crippen molar-refractivity contribution < 1.29 is 19.1 Å². The maximum Gasteiger partial charge on any atom is 0.326 e. The maximum absolute atomic E-state index is 14.8. The van der Waals surface area contributed by atoms with Crippen molar-refractivity contribution in [2.45, 2.75) is 31.7 Å². The first kappa shape index (κ1) is 24.4. The number of carbonyl (C=O) groups excluding carboxylic acids is 3. The molecule has 1 fully saturated rings. The number of carbonyl (C=O) groups is 3. The molecule has 10 heteroatoms. The van der Waals surface area contributed by atoms with Gasteiger partial charge in [0.2, 0.25) is 11.3 Å². The lowest BCUT2D eigenvalue weighted by Gasteiger charge is -2.41.